The number of aromatic nitrogens is 2. The molecule has 2 aromatic carbocycles. The van der Waals surface area contributed by atoms with E-state index in [0.29, 0.717) is 16.7 Å². The molecule has 8 heteroatoms. The molecule has 150 valence electrons. The van der Waals surface area contributed by atoms with E-state index < -0.39 is 0 Å². The van der Waals surface area contributed by atoms with Gasteiger partial charge in [-0.05, 0) is 31.2 Å². The van der Waals surface area contributed by atoms with Gasteiger partial charge in [-0.2, -0.15) is 0 Å². The molecule has 29 heavy (non-hydrogen) atoms. The number of benzene rings is 2. The van der Waals surface area contributed by atoms with Crippen LogP contribution >= 0.6 is 11.8 Å². The molecule has 0 saturated heterocycles. The Morgan fingerprint density at radius 3 is 2.48 bits per heavy atom. The zero-order valence-electron chi connectivity index (χ0n) is 16.3. The molecule has 1 heterocycles. The van der Waals surface area contributed by atoms with Crippen LogP contribution in [0, 0.1) is 6.92 Å². The van der Waals surface area contributed by atoms with Crippen LogP contribution in [0.1, 0.15) is 17.8 Å². The first kappa shape index (κ1) is 20.6. The molecule has 0 atom stereocenters. The minimum absolute atomic E-state index is 0.101. The van der Waals surface area contributed by atoms with E-state index in [9.17, 15) is 14.4 Å². The number of para-hydroxylation sites is 1. The van der Waals surface area contributed by atoms with Crippen molar-refractivity contribution < 1.29 is 9.59 Å². The van der Waals surface area contributed by atoms with Crippen molar-refractivity contribution in [3.8, 4) is 0 Å². The van der Waals surface area contributed by atoms with E-state index in [1.807, 2.05) is 37.3 Å². The number of rotatable bonds is 6. The first-order valence-corrected chi connectivity index (χ1v) is 10.1. The molecular weight excluding hydrogens is 388 g/mol. The summed E-state index contributed by atoms with van der Waals surface area (Å²) in [5, 5.41) is 0.543. The number of hydrazine groups is 1. The van der Waals surface area contributed by atoms with Crippen LogP contribution in [-0.2, 0) is 23.1 Å². The minimum Gasteiger partial charge on any atom is -0.299 e. The third kappa shape index (κ3) is 5.45. The number of carbonyl (C=O) groups excluding carboxylic acids is 2. The summed E-state index contributed by atoms with van der Waals surface area (Å²) >= 11 is 1.39. The van der Waals surface area contributed by atoms with Crippen LogP contribution in [0.25, 0.3) is 10.9 Å². The first-order valence-electron chi connectivity index (χ1n) is 9.16. The van der Waals surface area contributed by atoms with Crippen molar-refractivity contribution in [2.75, 3.05) is 5.75 Å². The average molecular weight is 410 g/mol. The Balaban J connectivity index is 1.48. The van der Waals surface area contributed by atoms with Crippen LogP contribution in [0.2, 0.25) is 0 Å². The summed E-state index contributed by atoms with van der Waals surface area (Å²) in [6.45, 7) is 2.00. The van der Waals surface area contributed by atoms with Crippen LogP contribution < -0.4 is 16.4 Å². The predicted molar refractivity (Wildman–Crippen MR) is 113 cm³/mol. The summed E-state index contributed by atoms with van der Waals surface area (Å²) in [5.74, 6) is 0.0794. The van der Waals surface area contributed by atoms with E-state index >= 15 is 0 Å². The van der Waals surface area contributed by atoms with Gasteiger partial charge in [0.2, 0.25) is 11.8 Å². The second kappa shape index (κ2) is 9.38. The molecule has 0 saturated carbocycles. The molecule has 0 bridgehead atoms. The van der Waals surface area contributed by atoms with Crippen molar-refractivity contribution >= 4 is 34.5 Å². The number of aryl methyl sites for hydroxylation is 2. The maximum atomic E-state index is 12.4. The molecule has 0 spiro atoms. The lowest BCUT2D eigenvalue weighted by Gasteiger charge is -2.10. The number of hydrogen-bond acceptors (Lipinski definition) is 5. The lowest BCUT2D eigenvalue weighted by molar-refractivity contribution is -0.127. The van der Waals surface area contributed by atoms with Crippen molar-refractivity contribution in [1.29, 1.82) is 0 Å². The Morgan fingerprint density at radius 2 is 1.72 bits per heavy atom. The largest absolute Gasteiger partial charge is 0.299 e. The smallest absolute Gasteiger partial charge is 0.261 e. The normalized spacial score (nSPS) is 10.7. The van der Waals surface area contributed by atoms with E-state index in [4.69, 9.17) is 0 Å². The lowest BCUT2D eigenvalue weighted by atomic mass is 10.2. The maximum Gasteiger partial charge on any atom is 0.261 e. The third-order valence-electron chi connectivity index (χ3n) is 4.38. The molecule has 1 aromatic heterocycles. The second-order valence-corrected chi connectivity index (χ2v) is 7.66. The van der Waals surface area contributed by atoms with Gasteiger partial charge in [-0.1, -0.05) is 29.8 Å². The summed E-state index contributed by atoms with van der Waals surface area (Å²) in [6, 6.07) is 15.0. The van der Waals surface area contributed by atoms with Crippen molar-refractivity contribution in [2.45, 2.75) is 24.7 Å². The molecule has 0 fully saturated rings. The van der Waals surface area contributed by atoms with Gasteiger partial charge in [-0.15, -0.1) is 11.8 Å². The summed E-state index contributed by atoms with van der Waals surface area (Å²) in [7, 11) is 1.64. The highest BCUT2D eigenvalue weighted by Gasteiger charge is 2.11. The molecule has 2 N–H and O–H groups in total. The van der Waals surface area contributed by atoms with Crippen LogP contribution in [-0.4, -0.2) is 27.1 Å². The van der Waals surface area contributed by atoms with Gasteiger partial charge in [0.05, 0.1) is 16.7 Å². The molecule has 0 aliphatic rings. The Morgan fingerprint density at radius 1 is 1.03 bits per heavy atom. The molecule has 0 radical (unpaired) electrons. The zero-order chi connectivity index (χ0) is 20.8. The van der Waals surface area contributed by atoms with Crippen LogP contribution in [0.4, 0.5) is 0 Å². The molecule has 2 amide bonds. The monoisotopic (exact) mass is 410 g/mol. The molecule has 0 aliphatic carbocycles. The van der Waals surface area contributed by atoms with Crippen molar-refractivity contribution in [2.24, 2.45) is 7.05 Å². The molecule has 7 nitrogen and oxygen atoms in total. The number of fused-ring (bicyclic) bond motifs is 1. The van der Waals surface area contributed by atoms with E-state index in [1.54, 1.807) is 25.2 Å². The van der Waals surface area contributed by atoms with E-state index in [1.165, 1.54) is 16.3 Å². The van der Waals surface area contributed by atoms with Gasteiger partial charge in [-0.25, -0.2) is 4.98 Å². The molecule has 3 aromatic rings. The number of hydrogen-bond donors (Lipinski definition) is 2. The summed E-state index contributed by atoms with van der Waals surface area (Å²) in [5.41, 5.74) is 6.43. The highest BCUT2D eigenvalue weighted by molar-refractivity contribution is 8.00. The standard InChI is InChI=1S/C21H22N4O3S/c1-14-7-9-15(10-8-14)29-13-20(27)24-23-19(26)12-11-18-22-17-6-4-3-5-16(17)21(28)25(18)2/h3-10H,11-13H2,1-2H3,(H,23,26)(H,24,27). The number of nitrogens with zero attached hydrogens (tertiary/aromatic N) is 2. The Bertz CT molecular complexity index is 1090. The number of thioether (sulfide) groups is 1. The zero-order valence-corrected chi connectivity index (χ0v) is 17.1. The van der Waals surface area contributed by atoms with Gasteiger partial charge >= 0.3 is 0 Å². The number of carbonyl (C=O) groups is 2. The van der Waals surface area contributed by atoms with Crippen LogP contribution in [0.3, 0.4) is 0 Å². The fraction of sp³-hybridized carbons (Fsp3) is 0.238. The van der Waals surface area contributed by atoms with E-state index in [-0.39, 0.29) is 36.0 Å². The number of amides is 2. The Labute approximate surface area is 172 Å². The van der Waals surface area contributed by atoms with Gasteiger partial charge in [-0.3, -0.25) is 29.8 Å². The highest BCUT2D eigenvalue weighted by Crippen LogP contribution is 2.17. The predicted octanol–water partition coefficient (Wildman–Crippen LogP) is 2.11. The van der Waals surface area contributed by atoms with Crippen LogP contribution in [0.5, 0.6) is 0 Å². The Kier molecular flexibility index (Phi) is 6.66. The Hall–Kier alpha value is -3.13. The SMILES string of the molecule is Cc1ccc(SCC(=O)NNC(=O)CCc2nc3ccccc3c(=O)n2C)cc1. The van der Waals surface area contributed by atoms with Gasteiger partial charge in [0.25, 0.3) is 5.56 Å². The lowest BCUT2D eigenvalue weighted by Crippen LogP contribution is -2.42. The van der Waals surface area contributed by atoms with Gasteiger partial charge < -0.3 is 0 Å². The average Bonchev–Trinajstić information content (AvgIpc) is 2.73. The van der Waals surface area contributed by atoms with Gasteiger partial charge in [0, 0.05) is 24.8 Å². The van der Waals surface area contributed by atoms with E-state index in [2.05, 4.69) is 15.8 Å². The fourth-order valence-corrected chi connectivity index (χ4v) is 3.43. The maximum absolute atomic E-state index is 12.4. The first-order chi connectivity index (χ1) is 13.9. The molecule has 0 unspecified atom stereocenters. The quantitative estimate of drug-likeness (QED) is 0.480. The summed E-state index contributed by atoms with van der Waals surface area (Å²) in [6.07, 6.45) is 0.389. The van der Waals surface area contributed by atoms with Crippen molar-refractivity contribution in [1.82, 2.24) is 20.4 Å². The highest BCUT2D eigenvalue weighted by atomic mass is 32.2. The van der Waals surface area contributed by atoms with Crippen LogP contribution in [0.15, 0.2) is 58.2 Å². The van der Waals surface area contributed by atoms with Crippen molar-refractivity contribution in [3.63, 3.8) is 0 Å². The van der Waals surface area contributed by atoms with Crippen molar-refractivity contribution in [3.05, 3.63) is 70.3 Å². The topological polar surface area (TPSA) is 93.1 Å². The molecular formula is C21H22N4O3S. The second-order valence-electron chi connectivity index (χ2n) is 6.61. The summed E-state index contributed by atoms with van der Waals surface area (Å²) in [4.78, 5) is 41.8. The number of nitrogens with one attached hydrogen (secondary N) is 2. The van der Waals surface area contributed by atoms with Gasteiger partial charge in [0.15, 0.2) is 0 Å². The van der Waals surface area contributed by atoms with E-state index in [0.717, 1.165) is 10.5 Å². The summed E-state index contributed by atoms with van der Waals surface area (Å²) < 4.78 is 1.45. The minimum atomic E-state index is -0.346. The van der Waals surface area contributed by atoms with Gasteiger partial charge in [0.1, 0.15) is 5.82 Å². The molecule has 0 aliphatic heterocycles. The third-order valence-corrected chi connectivity index (χ3v) is 5.40. The fourth-order valence-electron chi connectivity index (χ4n) is 2.73. The molecule has 3 rings (SSSR count).